The summed E-state index contributed by atoms with van der Waals surface area (Å²) in [7, 11) is 0. The number of allylic oxidation sites excluding steroid dienone is 2. The maximum Gasteiger partial charge on any atom is 0.00610 e. The Bertz CT molecular complexity index is 555. The maximum absolute atomic E-state index is 3.98. The Morgan fingerprint density at radius 2 is 1.00 bits per heavy atom. The minimum atomic E-state index is 0.397. The number of rotatable bonds is 4. The Kier molecular flexibility index (Phi) is 4.24. The van der Waals surface area contributed by atoms with Crippen LogP contribution in [-0.2, 0) is 0 Å². The molecule has 0 unspecified atom stereocenters. The highest BCUT2D eigenvalue weighted by Crippen LogP contribution is 2.26. The molecule has 0 nitrogen and oxygen atoms in total. The van der Waals surface area contributed by atoms with Crippen LogP contribution in [0.4, 0.5) is 0 Å². The molecule has 0 bridgehead atoms. The summed E-state index contributed by atoms with van der Waals surface area (Å²) in [5, 5.41) is 0. The van der Waals surface area contributed by atoms with Gasteiger partial charge in [0.25, 0.3) is 0 Å². The summed E-state index contributed by atoms with van der Waals surface area (Å²) >= 11 is 0. The minimum absolute atomic E-state index is 0.397. The van der Waals surface area contributed by atoms with Crippen LogP contribution >= 0.6 is 0 Å². The van der Waals surface area contributed by atoms with Crippen molar-refractivity contribution in [1.29, 1.82) is 0 Å². The average Bonchev–Trinajstić information content (AvgIpc) is 2.46. The van der Waals surface area contributed by atoms with E-state index in [0.717, 1.165) is 11.1 Å². The zero-order chi connectivity index (χ0) is 14.7. The standard InChI is InChI=1S/C20H22/c1-14(2)17-6-10-19(11-7-17)16(5)20-12-8-18(9-13-20)15(3)4/h6-13,16H,1,3H2,2,4-5H3. The molecule has 0 heteroatoms. The van der Waals surface area contributed by atoms with E-state index in [0.29, 0.717) is 5.92 Å². The van der Waals surface area contributed by atoms with Gasteiger partial charge in [0.15, 0.2) is 0 Å². The van der Waals surface area contributed by atoms with Gasteiger partial charge in [0.05, 0.1) is 0 Å². The van der Waals surface area contributed by atoms with Crippen LogP contribution in [0.15, 0.2) is 61.7 Å². The fraction of sp³-hybridized carbons (Fsp3) is 0.200. The fourth-order valence-corrected chi connectivity index (χ4v) is 2.31. The molecule has 0 aliphatic heterocycles. The lowest BCUT2D eigenvalue weighted by Gasteiger charge is -2.14. The molecule has 0 heterocycles. The van der Waals surface area contributed by atoms with Gasteiger partial charge in [0.2, 0.25) is 0 Å². The lowest BCUT2D eigenvalue weighted by atomic mass is 9.91. The first-order valence-electron chi connectivity index (χ1n) is 7.00. The van der Waals surface area contributed by atoms with Crippen molar-refractivity contribution in [3.63, 3.8) is 0 Å². The lowest BCUT2D eigenvalue weighted by molar-refractivity contribution is 0.922. The van der Waals surface area contributed by atoms with Gasteiger partial charge in [-0.25, -0.2) is 0 Å². The maximum atomic E-state index is 3.98. The average molecular weight is 262 g/mol. The molecule has 0 saturated carbocycles. The second-order valence-electron chi connectivity index (χ2n) is 5.53. The summed E-state index contributed by atoms with van der Waals surface area (Å²) in [5.74, 6) is 0.397. The number of hydrogen-bond acceptors (Lipinski definition) is 0. The van der Waals surface area contributed by atoms with Gasteiger partial charge in [0, 0.05) is 5.92 Å². The predicted molar refractivity (Wildman–Crippen MR) is 89.8 cm³/mol. The molecule has 2 aromatic carbocycles. The Morgan fingerprint density at radius 3 is 1.25 bits per heavy atom. The van der Waals surface area contributed by atoms with Crippen LogP contribution in [0.5, 0.6) is 0 Å². The molecule has 0 fully saturated rings. The fourth-order valence-electron chi connectivity index (χ4n) is 2.31. The van der Waals surface area contributed by atoms with Gasteiger partial charge in [-0.1, -0.05) is 79.8 Å². The van der Waals surface area contributed by atoms with E-state index in [4.69, 9.17) is 0 Å². The molecule has 0 N–H and O–H groups in total. The highest BCUT2D eigenvalue weighted by Gasteiger charge is 2.08. The Balaban J connectivity index is 2.24. The highest BCUT2D eigenvalue weighted by atomic mass is 14.1. The molecule has 0 aliphatic rings. The predicted octanol–water partition coefficient (Wildman–Crippen LogP) is 5.90. The first-order valence-corrected chi connectivity index (χ1v) is 7.00. The van der Waals surface area contributed by atoms with Crippen molar-refractivity contribution in [2.45, 2.75) is 26.7 Å². The molecular formula is C20H22. The second kappa shape index (κ2) is 5.92. The zero-order valence-corrected chi connectivity index (χ0v) is 12.6. The van der Waals surface area contributed by atoms with Crippen LogP contribution in [0.1, 0.15) is 48.9 Å². The van der Waals surface area contributed by atoms with Crippen molar-refractivity contribution in [2.24, 2.45) is 0 Å². The van der Waals surface area contributed by atoms with Crippen LogP contribution in [0, 0.1) is 0 Å². The van der Waals surface area contributed by atoms with Crippen LogP contribution in [0.25, 0.3) is 11.1 Å². The quantitative estimate of drug-likeness (QED) is 0.643. The van der Waals surface area contributed by atoms with Gasteiger partial charge in [-0.2, -0.15) is 0 Å². The minimum Gasteiger partial charge on any atom is -0.0955 e. The van der Waals surface area contributed by atoms with E-state index in [-0.39, 0.29) is 0 Å². The second-order valence-corrected chi connectivity index (χ2v) is 5.53. The van der Waals surface area contributed by atoms with Crippen LogP contribution < -0.4 is 0 Å². The summed E-state index contributed by atoms with van der Waals surface area (Å²) in [6.45, 7) is 14.3. The molecule has 0 aromatic heterocycles. The third kappa shape index (κ3) is 3.08. The van der Waals surface area contributed by atoms with Crippen molar-refractivity contribution in [1.82, 2.24) is 0 Å². The smallest absolute Gasteiger partial charge is 0.00610 e. The van der Waals surface area contributed by atoms with Gasteiger partial charge >= 0.3 is 0 Å². The highest BCUT2D eigenvalue weighted by molar-refractivity contribution is 5.62. The zero-order valence-electron chi connectivity index (χ0n) is 12.6. The van der Waals surface area contributed by atoms with Gasteiger partial charge in [0.1, 0.15) is 0 Å². The van der Waals surface area contributed by atoms with Gasteiger partial charge in [-0.15, -0.1) is 0 Å². The van der Waals surface area contributed by atoms with E-state index >= 15 is 0 Å². The van der Waals surface area contributed by atoms with Crippen LogP contribution in [0.3, 0.4) is 0 Å². The van der Waals surface area contributed by atoms with Crippen LogP contribution in [0.2, 0.25) is 0 Å². The summed E-state index contributed by atoms with van der Waals surface area (Å²) in [6, 6.07) is 17.4. The molecule has 0 amide bonds. The molecular weight excluding hydrogens is 240 g/mol. The molecule has 0 spiro atoms. The third-order valence-electron chi connectivity index (χ3n) is 3.81. The molecule has 0 atom stereocenters. The summed E-state index contributed by atoms with van der Waals surface area (Å²) < 4.78 is 0. The summed E-state index contributed by atoms with van der Waals surface area (Å²) in [4.78, 5) is 0. The summed E-state index contributed by atoms with van der Waals surface area (Å²) in [5.41, 5.74) is 7.29. The molecule has 2 aromatic rings. The molecule has 20 heavy (non-hydrogen) atoms. The van der Waals surface area contributed by atoms with Crippen molar-refractivity contribution in [3.05, 3.63) is 83.9 Å². The van der Waals surface area contributed by atoms with E-state index in [2.05, 4.69) is 68.6 Å². The Morgan fingerprint density at radius 1 is 0.700 bits per heavy atom. The van der Waals surface area contributed by atoms with Crippen LogP contribution in [-0.4, -0.2) is 0 Å². The van der Waals surface area contributed by atoms with Crippen molar-refractivity contribution >= 4 is 11.1 Å². The largest absolute Gasteiger partial charge is 0.0955 e. The molecule has 2 rings (SSSR count). The normalized spacial score (nSPS) is 10.6. The van der Waals surface area contributed by atoms with Gasteiger partial charge in [-0.05, 0) is 36.1 Å². The van der Waals surface area contributed by atoms with E-state index in [1.807, 2.05) is 13.8 Å². The number of benzene rings is 2. The van der Waals surface area contributed by atoms with E-state index in [9.17, 15) is 0 Å². The first kappa shape index (κ1) is 14.3. The van der Waals surface area contributed by atoms with E-state index in [1.165, 1.54) is 22.3 Å². The first-order chi connectivity index (χ1) is 9.49. The topological polar surface area (TPSA) is 0 Å². The molecule has 0 saturated heterocycles. The van der Waals surface area contributed by atoms with Crippen molar-refractivity contribution < 1.29 is 0 Å². The Labute approximate surface area is 122 Å². The van der Waals surface area contributed by atoms with E-state index in [1.54, 1.807) is 0 Å². The number of hydrogen-bond donors (Lipinski definition) is 0. The van der Waals surface area contributed by atoms with Crippen molar-refractivity contribution in [2.75, 3.05) is 0 Å². The summed E-state index contributed by atoms with van der Waals surface area (Å²) in [6.07, 6.45) is 0. The van der Waals surface area contributed by atoms with Gasteiger partial charge in [-0.3, -0.25) is 0 Å². The molecule has 0 radical (unpaired) electrons. The third-order valence-corrected chi connectivity index (χ3v) is 3.81. The molecule has 0 aliphatic carbocycles. The lowest BCUT2D eigenvalue weighted by Crippen LogP contribution is -1.96. The van der Waals surface area contributed by atoms with Crippen molar-refractivity contribution in [3.8, 4) is 0 Å². The molecule has 102 valence electrons. The van der Waals surface area contributed by atoms with E-state index < -0.39 is 0 Å². The monoisotopic (exact) mass is 262 g/mol. The Hall–Kier alpha value is -2.08. The SMILES string of the molecule is C=C(C)c1ccc(C(C)c2ccc(C(=C)C)cc2)cc1. The van der Waals surface area contributed by atoms with Gasteiger partial charge < -0.3 is 0 Å².